The van der Waals surface area contributed by atoms with Crippen molar-refractivity contribution in [2.24, 2.45) is 5.92 Å². The Morgan fingerprint density at radius 3 is 2.47 bits per heavy atom. The fourth-order valence-corrected chi connectivity index (χ4v) is 7.01. The van der Waals surface area contributed by atoms with Gasteiger partial charge in [-0.3, -0.25) is 14.4 Å². The highest BCUT2D eigenvalue weighted by Gasteiger charge is 2.43. The highest BCUT2D eigenvalue weighted by molar-refractivity contribution is 9.10. The Labute approximate surface area is 232 Å². The Balaban J connectivity index is 1.72. The number of nitrogens with zero attached hydrogens (tertiary/aromatic N) is 2. The van der Waals surface area contributed by atoms with Gasteiger partial charge in [-0.15, -0.1) is 0 Å². The zero-order chi connectivity index (χ0) is 27.1. The topological polar surface area (TPSA) is 126 Å². The molecule has 1 unspecified atom stereocenters. The summed E-state index contributed by atoms with van der Waals surface area (Å²) in [5.41, 5.74) is 0.350. The van der Waals surface area contributed by atoms with Gasteiger partial charge < -0.3 is 10.6 Å². The van der Waals surface area contributed by atoms with Gasteiger partial charge in [-0.2, -0.15) is 8.42 Å². The number of sulfonamides is 1. The Kier molecular flexibility index (Phi) is 9.67. The number of pyridine rings is 1. The molecule has 38 heavy (non-hydrogen) atoms. The van der Waals surface area contributed by atoms with Gasteiger partial charge in [0.1, 0.15) is 12.1 Å². The molecule has 1 aromatic heterocycles. The van der Waals surface area contributed by atoms with Crippen LogP contribution in [0.15, 0.2) is 58.2 Å². The van der Waals surface area contributed by atoms with Gasteiger partial charge in [-0.05, 0) is 68.1 Å². The molecular formula is C27H33BrN4O5S. The van der Waals surface area contributed by atoms with Crippen molar-refractivity contribution in [1.82, 2.24) is 19.9 Å². The summed E-state index contributed by atoms with van der Waals surface area (Å²) in [5, 5.41) is 5.50. The van der Waals surface area contributed by atoms with Crippen LogP contribution in [0.1, 0.15) is 61.7 Å². The van der Waals surface area contributed by atoms with E-state index in [-0.39, 0.29) is 29.7 Å². The quantitative estimate of drug-likeness (QED) is 0.472. The third-order valence-corrected chi connectivity index (χ3v) is 9.42. The zero-order valence-corrected chi connectivity index (χ0v) is 23.5. The van der Waals surface area contributed by atoms with Gasteiger partial charge in [0.2, 0.25) is 0 Å². The Hall–Kier alpha value is -2.63. The molecule has 2 N–H and O–H groups in total. The molecule has 2 atom stereocenters. The van der Waals surface area contributed by atoms with Gasteiger partial charge >= 0.3 is 0 Å². The molecule has 1 aliphatic heterocycles. The summed E-state index contributed by atoms with van der Waals surface area (Å²) in [5.74, 6) is -1.50. The average molecular weight is 606 g/mol. The molecule has 2 fully saturated rings. The SMILES string of the molecule is O=C(NC(CC1CCCCC1)C(=O)N([C@H]1CCCNCC1=O)S(=O)(=O)c1ccccn1)c1ccc(Br)cc1. The number of Topliss-reactive ketones (excluding diaryl/α,β-unsaturated/α-hetero) is 1. The maximum atomic E-state index is 14.2. The molecule has 0 bridgehead atoms. The van der Waals surface area contributed by atoms with Crippen molar-refractivity contribution >= 4 is 43.6 Å². The summed E-state index contributed by atoms with van der Waals surface area (Å²) in [6.07, 6.45) is 7.31. The molecular weight excluding hydrogens is 572 g/mol. The molecule has 2 heterocycles. The monoisotopic (exact) mass is 604 g/mol. The largest absolute Gasteiger partial charge is 0.340 e. The molecule has 1 aromatic carbocycles. The molecule has 2 aliphatic rings. The van der Waals surface area contributed by atoms with E-state index in [1.165, 1.54) is 18.3 Å². The predicted octanol–water partition coefficient (Wildman–Crippen LogP) is 3.45. The first-order valence-electron chi connectivity index (χ1n) is 13.1. The van der Waals surface area contributed by atoms with E-state index in [1.54, 1.807) is 30.3 Å². The van der Waals surface area contributed by atoms with E-state index in [0.29, 0.717) is 29.3 Å². The Morgan fingerprint density at radius 2 is 1.79 bits per heavy atom. The van der Waals surface area contributed by atoms with Gasteiger partial charge in [-0.1, -0.05) is 54.1 Å². The van der Waals surface area contributed by atoms with Crippen LogP contribution in [0.5, 0.6) is 0 Å². The molecule has 204 valence electrons. The number of nitrogens with one attached hydrogen (secondary N) is 2. The number of aromatic nitrogens is 1. The van der Waals surface area contributed by atoms with Crippen LogP contribution in [0.2, 0.25) is 0 Å². The maximum absolute atomic E-state index is 14.2. The van der Waals surface area contributed by atoms with Crippen molar-refractivity contribution < 1.29 is 22.8 Å². The molecule has 1 saturated carbocycles. The lowest BCUT2D eigenvalue weighted by Crippen LogP contribution is -2.57. The highest BCUT2D eigenvalue weighted by atomic mass is 79.9. The highest BCUT2D eigenvalue weighted by Crippen LogP contribution is 2.30. The molecule has 9 nitrogen and oxygen atoms in total. The summed E-state index contributed by atoms with van der Waals surface area (Å²) < 4.78 is 29.3. The third kappa shape index (κ3) is 6.86. The molecule has 1 aliphatic carbocycles. The van der Waals surface area contributed by atoms with Crippen molar-refractivity contribution in [2.75, 3.05) is 13.1 Å². The minimum atomic E-state index is -4.47. The molecule has 0 radical (unpaired) electrons. The van der Waals surface area contributed by atoms with Gasteiger partial charge in [0.25, 0.3) is 21.8 Å². The fraction of sp³-hybridized carbons (Fsp3) is 0.481. The number of hydrogen-bond acceptors (Lipinski definition) is 7. The minimum Gasteiger partial charge on any atom is -0.340 e. The number of halogens is 1. The number of carbonyl (C=O) groups excluding carboxylic acids is 3. The maximum Gasteiger partial charge on any atom is 0.284 e. The second-order valence-electron chi connectivity index (χ2n) is 9.88. The smallest absolute Gasteiger partial charge is 0.284 e. The van der Waals surface area contributed by atoms with Crippen molar-refractivity contribution in [3.63, 3.8) is 0 Å². The zero-order valence-electron chi connectivity index (χ0n) is 21.1. The van der Waals surface area contributed by atoms with Crippen molar-refractivity contribution in [3.8, 4) is 0 Å². The van der Waals surface area contributed by atoms with E-state index in [1.807, 2.05) is 0 Å². The van der Waals surface area contributed by atoms with E-state index >= 15 is 0 Å². The van der Waals surface area contributed by atoms with E-state index in [0.717, 1.165) is 36.6 Å². The van der Waals surface area contributed by atoms with Gasteiger partial charge in [0.05, 0.1) is 6.54 Å². The van der Waals surface area contributed by atoms with E-state index in [4.69, 9.17) is 0 Å². The number of benzene rings is 1. The lowest BCUT2D eigenvalue weighted by atomic mass is 9.84. The van der Waals surface area contributed by atoms with Crippen LogP contribution in [0, 0.1) is 5.92 Å². The first kappa shape index (κ1) is 28.4. The number of rotatable bonds is 8. The molecule has 0 spiro atoms. The van der Waals surface area contributed by atoms with Gasteiger partial charge in [-0.25, -0.2) is 9.29 Å². The fourth-order valence-electron chi connectivity index (χ4n) is 5.17. The number of carbonyl (C=O) groups is 3. The number of amides is 2. The first-order chi connectivity index (χ1) is 18.3. The Morgan fingerprint density at radius 1 is 1.05 bits per heavy atom. The molecule has 2 amide bonds. The second kappa shape index (κ2) is 12.9. The summed E-state index contributed by atoms with van der Waals surface area (Å²) in [7, 11) is -4.47. The summed E-state index contributed by atoms with van der Waals surface area (Å²) >= 11 is 3.35. The normalized spacial score (nSPS) is 19.8. The van der Waals surface area contributed by atoms with E-state index < -0.39 is 33.9 Å². The van der Waals surface area contributed by atoms with Crippen molar-refractivity contribution in [1.29, 1.82) is 0 Å². The van der Waals surface area contributed by atoms with E-state index in [2.05, 4.69) is 31.5 Å². The van der Waals surface area contributed by atoms with Crippen molar-refractivity contribution in [2.45, 2.75) is 68.5 Å². The summed E-state index contributed by atoms with van der Waals surface area (Å²) in [6.45, 7) is 0.504. The van der Waals surface area contributed by atoms with Crippen LogP contribution in [0.3, 0.4) is 0 Å². The Bertz CT molecular complexity index is 1230. The third-order valence-electron chi connectivity index (χ3n) is 7.17. The van der Waals surface area contributed by atoms with Gasteiger partial charge in [0.15, 0.2) is 10.8 Å². The van der Waals surface area contributed by atoms with Crippen LogP contribution in [0.4, 0.5) is 0 Å². The standard InChI is InChI=1S/C27H33BrN4O5S/c28-21-13-11-20(12-14-21)26(34)31-22(17-19-7-2-1-3-8-19)27(35)32(23-9-6-15-29-18-24(23)33)38(36,37)25-10-4-5-16-30-25/h4-5,10-14,16,19,22-23,29H,1-3,6-9,15,17-18H2,(H,31,34)/t22?,23-/m0/s1. The van der Waals surface area contributed by atoms with Crippen LogP contribution in [-0.2, 0) is 19.6 Å². The number of hydrogen-bond donors (Lipinski definition) is 2. The molecule has 1 saturated heterocycles. The van der Waals surface area contributed by atoms with Crippen molar-refractivity contribution in [3.05, 3.63) is 58.7 Å². The first-order valence-corrected chi connectivity index (χ1v) is 15.3. The summed E-state index contributed by atoms with van der Waals surface area (Å²) in [6, 6.07) is 8.83. The average Bonchev–Trinajstić information content (AvgIpc) is 3.13. The second-order valence-corrected chi connectivity index (χ2v) is 12.6. The predicted molar refractivity (Wildman–Crippen MR) is 146 cm³/mol. The lowest BCUT2D eigenvalue weighted by molar-refractivity contribution is -0.135. The minimum absolute atomic E-state index is 0.0370. The van der Waals surface area contributed by atoms with Crippen LogP contribution in [0.25, 0.3) is 0 Å². The van der Waals surface area contributed by atoms with Crippen LogP contribution in [-0.4, -0.2) is 60.5 Å². The molecule has 2 aromatic rings. The summed E-state index contributed by atoms with van der Waals surface area (Å²) in [4.78, 5) is 44.5. The molecule has 4 rings (SSSR count). The van der Waals surface area contributed by atoms with Crippen LogP contribution >= 0.6 is 15.9 Å². The molecule has 11 heteroatoms. The van der Waals surface area contributed by atoms with Crippen LogP contribution < -0.4 is 10.6 Å². The number of ketones is 1. The lowest BCUT2D eigenvalue weighted by Gasteiger charge is -2.34. The van der Waals surface area contributed by atoms with E-state index in [9.17, 15) is 22.8 Å². The van der Waals surface area contributed by atoms with Gasteiger partial charge in [0, 0.05) is 16.2 Å².